The van der Waals surface area contributed by atoms with E-state index in [1.165, 1.54) is 5.56 Å². The molecular formula is C14H20O2. The molecule has 0 aromatic heterocycles. The standard InChI is InChI=1S/C14H20O2/c1-4-16-12-7-5-6-11(8-12)14(10-15)9-13(14,2)3/h5-8,15H,4,9-10H2,1-3H3. The topological polar surface area (TPSA) is 29.5 Å². The van der Waals surface area contributed by atoms with Gasteiger partial charge in [-0.3, -0.25) is 0 Å². The number of rotatable bonds is 4. The van der Waals surface area contributed by atoms with E-state index in [1.54, 1.807) is 0 Å². The van der Waals surface area contributed by atoms with E-state index >= 15 is 0 Å². The Balaban J connectivity index is 2.30. The van der Waals surface area contributed by atoms with Crippen LogP contribution >= 0.6 is 0 Å². The van der Waals surface area contributed by atoms with Crippen LogP contribution in [0.5, 0.6) is 5.75 Å². The lowest BCUT2D eigenvalue weighted by molar-refractivity contribution is 0.231. The summed E-state index contributed by atoms with van der Waals surface area (Å²) in [5.41, 5.74) is 1.35. The lowest BCUT2D eigenvalue weighted by atomic mass is 9.88. The minimum absolute atomic E-state index is 0.0554. The molecule has 16 heavy (non-hydrogen) atoms. The zero-order valence-corrected chi connectivity index (χ0v) is 10.3. The first-order valence-corrected chi connectivity index (χ1v) is 5.90. The molecule has 1 saturated carbocycles. The molecule has 1 aliphatic carbocycles. The minimum Gasteiger partial charge on any atom is -0.494 e. The van der Waals surface area contributed by atoms with Crippen molar-refractivity contribution in [3.63, 3.8) is 0 Å². The Morgan fingerprint density at radius 2 is 2.06 bits per heavy atom. The van der Waals surface area contributed by atoms with Crippen LogP contribution in [0.2, 0.25) is 0 Å². The third-order valence-corrected chi connectivity index (χ3v) is 3.88. The molecule has 2 nitrogen and oxygen atoms in total. The van der Waals surface area contributed by atoms with Gasteiger partial charge in [-0.25, -0.2) is 0 Å². The molecular weight excluding hydrogens is 200 g/mol. The Kier molecular flexibility index (Phi) is 2.70. The highest BCUT2D eigenvalue weighted by Gasteiger charge is 2.61. The molecule has 1 fully saturated rings. The summed E-state index contributed by atoms with van der Waals surface area (Å²) >= 11 is 0. The zero-order valence-electron chi connectivity index (χ0n) is 10.3. The first kappa shape index (κ1) is 11.5. The van der Waals surface area contributed by atoms with Crippen LogP contribution in [-0.2, 0) is 5.41 Å². The maximum atomic E-state index is 9.63. The summed E-state index contributed by atoms with van der Waals surface area (Å²) in [5.74, 6) is 0.899. The van der Waals surface area contributed by atoms with Gasteiger partial charge in [0.25, 0.3) is 0 Å². The molecule has 1 N–H and O–H groups in total. The smallest absolute Gasteiger partial charge is 0.119 e. The van der Waals surface area contributed by atoms with E-state index in [2.05, 4.69) is 26.0 Å². The summed E-state index contributed by atoms with van der Waals surface area (Å²) in [6.07, 6.45) is 1.05. The van der Waals surface area contributed by atoms with Crippen molar-refractivity contribution in [2.75, 3.05) is 13.2 Å². The largest absolute Gasteiger partial charge is 0.494 e. The van der Waals surface area contributed by atoms with Crippen molar-refractivity contribution >= 4 is 0 Å². The van der Waals surface area contributed by atoms with Crippen LogP contribution in [-0.4, -0.2) is 18.3 Å². The van der Waals surface area contributed by atoms with Crippen LogP contribution in [0.1, 0.15) is 32.8 Å². The molecule has 1 atom stereocenters. The van der Waals surface area contributed by atoms with E-state index in [0.717, 1.165) is 12.2 Å². The predicted molar refractivity (Wildman–Crippen MR) is 64.8 cm³/mol. The van der Waals surface area contributed by atoms with Gasteiger partial charge in [0, 0.05) is 5.41 Å². The minimum atomic E-state index is -0.0554. The summed E-state index contributed by atoms with van der Waals surface area (Å²) in [7, 11) is 0. The van der Waals surface area contributed by atoms with Gasteiger partial charge in [-0.1, -0.05) is 26.0 Å². The maximum absolute atomic E-state index is 9.63. The molecule has 0 heterocycles. The Morgan fingerprint density at radius 3 is 2.56 bits per heavy atom. The fraction of sp³-hybridized carbons (Fsp3) is 0.571. The van der Waals surface area contributed by atoms with Crippen molar-refractivity contribution in [3.05, 3.63) is 29.8 Å². The Morgan fingerprint density at radius 1 is 1.38 bits per heavy atom. The van der Waals surface area contributed by atoms with Gasteiger partial charge in [0.1, 0.15) is 5.75 Å². The fourth-order valence-electron chi connectivity index (χ4n) is 2.61. The van der Waals surface area contributed by atoms with Crippen LogP contribution in [0.4, 0.5) is 0 Å². The highest BCUT2D eigenvalue weighted by atomic mass is 16.5. The van der Waals surface area contributed by atoms with Crippen molar-refractivity contribution in [3.8, 4) is 5.75 Å². The molecule has 0 bridgehead atoms. The summed E-state index contributed by atoms with van der Waals surface area (Å²) in [6.45, 7) is 7.29. The van der Waals surface area contributed by atoms with Gasteiger partial charge in [0.15, 0.2) is 0 Å². The number of hydrogen-bond donors (Lipinski definition) is 1. The van der Waals surface area contributed by atoms with Crippen molar-refractivity contribution in [2.24, 2.45) is 5.41 Å². The molecule has 2 heteroatoms. The lowest BCUT2D eigenvalue weighted by Crippen LogP contribution is -2.19. The number of aliphatic hydroxyl groups excluding tert-OH is 1. The van der Waals surface area contributed by atoms with E-state index in [4.69, 9.17) is 4.74 Å². The van der Waals surface area contributed by atoms with E-state index in [9.17, 15) is 5.11 Å². The second kappa shape index (κ2) is 3.77. The van der Waals surface area contributed by atoms with Gasteiger partial charge in [-0.15, -0.1) is 0 Å². The summed E-state index contributed by atoms with van der Waals surface area (Å²) in [6, 6.07) is 8.13. The van der Waals surface area contributed by atoms with Crippen LogP contribution < -0.4 is 4.74 Å². The second-order valence-corrected chi connectivity index (χ2v) is 5.26. The number of aliphatic hydroxyl groups is 1. The van der Waals surface area contributed by atoms with Crippen molar-refractivity contribution in [1.29, 1.82) is 0 Å². The molecule has 1 aliphatic rings. The van der Waals surface area contributed by atoms with Gasteiger partial charge in [0.05, 0.1) is 13.2 Å². The fourth-order valence-corrected chi connectivity index (χ4v) is 2.61. The van der Waals surface area contributed by atoms with Crippen molar-refractivity contribution < 1.29 is 9.84 Å². The summed E-state index contributed by atoms with van der Waals surface area (Å²) in [4.78, 5) is 0. The molecule has 1 aromatic carbocycles. The van der Waals surface area contributed by atoms with Crippen LogP contribution in [0.3, 0.4) is 0 Å². The maximum Gasteiger partial charge on any atom is 0.119 e. The quantitative estimate of drug-likeness (QED) is 0.845. The second-order valence-electron chi connectivity index (χ2n) is 5.26. The van der Waals surface area contributed by atoms with E-state index in [0.29, 0.717) is 6.61 Å². The van der Waals surface area contributed by atoms with Gasteiger partial charge in [0.2, 0.25) is 0 Å². The van der Waals surface area contributed by atoms with Crippen molar-refractivity contribution in [2.45, 2.75) is 32.6 Å². The zero-order chi connectivity index (χ0) is 11.8. The lowest BCUT2D eigenvalue weighted by Gasteiger charge is -2.19. The van der Waals surface area contributed by atoms with E-state index < -0.39 is 0 Å². The van der Waals surface area contributed by atoms with Crippen LogP contribution in [0.15, 0.2) is 24.3 Å². The third-order valence-electron chi connectivity index (χ3n) is 3.88. The van der Waals surface area contributed by atoms with Gasteiger partial charge < -0.3 is 9.84 Å². The highest BCUT2D eigenvalue weighted by Crippen LogP contribution is 2.64. The molecule has 88 valence electrons. The monoisotopic (exact) mass is 220 g/mol. The molecule has 0 radical (unpaired) electrons. The molecule has 1 aromatic rings. The van der Waals surface area contributed by atoms with Crippen LogP contribution in [0, 0.1) is 5.41 Å². The first-order chi connectivity index (χ1) is 7.55. The summed E-state index contributed by atoms with van der Waals surface area (Å²) < 4.78 is 5.50. The third kappa shape index (κ3) is 1.61. The average Bonchev–Trinajstić information content (AvgIpc) is 2.83. The Labute approximate surface area is 97.3 Å². The van der Waals surface area contributed by atoms with Gasteiger partial charge in [-0.05, 0) is 36.5 Å². The average molecular weight is 220 g/mol. The predicted octanol–water partition coefficient (Wildman–Crippen LogP) is 2.75. The first-order valence-electron chi connectivity index (χ1n) is 5.90. The van der Waals surface area contributed by atoms with Crippen LogP contribution in [0.25, 0.3) is 0 Å². The highest BCUT2D eigenvalue weighted by molar-refractivity contribution is 5.41. The Bertz CT molecular complexity index is 384. The molecule has 0 spiro atoms. The number of ether oxygens (including phenoxy) is 1. The van der Waals surface area contributed by atoms with E-state index in [-0.39, 0.29) is 17.4 Å². The van der Waals surface area contributed by atoms with E-state index in [1.807, 2.05) is 19.1 Å². The molecule has 0 saturated heterocycles. The van der Waals surface area contributed by atoms with Gasteiger partial charge >= 0.3 is 0 Å². The van der Waals surface area contributed by atoms with Gasteiger partial charge in [-0.2, -0.15) is 0 Å². The molecule has 0 amide bonds. The summed E-state index contributed by atoms with van der Waals surface area (Å²) in [5, 5.41) is 9.63. The SMILES string of the molecule is CCOc1cccc(C2(CO)CC2(C)C)c1. The Hall–Kier alpha value is -1.02. The number of hydrogen-bond acceptors (Lipinski definition) is 2. The van der Waals surface area contributed by atoms with Crippen molar-refractivity contribution in [1.82, 2.24) is 0 Å². The normalized spacial score (nSPS) is 26.5. The molecule has 1 unspecified atom stereocenters. The molecule has 0 aliphatic heterocycles. The number of benzene rings is 1. The molecule has 2 rings (SSSR count).